The minimum absolute atomic E-state index is 0.125. The van der Waals surface area contributed by atoms with Gasteiger partial charge in [0.2, 0.25) is 0 Å². The summed E-state index contributed by atoms with van der Waals surface area (Å²) in [5, 5.41) is 31.9. The zero-order chi connectivity index (χ0) is 15.0. The number of aliphatic carboxylic acids is 2. The van der Waals surface area contributed by atoms with E-state index >= 15 is 0 Å². The second kappa shape index (κ2) is 18.2. The van der Waals surface area contributed by atoms with Crippen molar-refractivity contribution in [3.05, 3.63) is 0 Å². The number of rotatable bonds is 6. The number of carboxylic acids is 2. The van der Waals surface area contributed by atoms with Gasteiger partial charge in [-0.15, -0.1) is 0 Å². The zero-order valence-corrected chi connectivity index (χ0v) is 10.9. The zero-order valence-electron chi connectivity index (χ0n) is 10.9. The van der Waals surface area contributed by atoms with Gasteiger partial charge in [0.15, 0.2) is 0 Å². The lowest BCUT2D eigenvalue weighted by molar-refractivity contribution is -0.135. The van der Waals surface area contributed by atoms with E-state index in [1.807, 2.05) is 4.90 Å². The maximum Gasteiger partial charge on any atom is 0.300 e. The van der Waals surface area contributed by atoms with Crippen molar-refractivity contribution in [3.8, 4) is 0 Å². The fourth-order valence-corrected chi connectivity index (χ4v) is 0.801. The molecule has 0 spiro atoms. The lowest BCUT2D eigenvalue weighted by Gasteiger charge is -2.18. The Balaban J connectivity index is -0.000000233. The molecule has 0 aromatic rings. The van der Waals surface area contributed by atoms with Crippen molar-refractivity contribution in [2.45, 2.75) is 13.8 Å². The van der Waals surface area contributed by atoms with Gasteiger partial charge in [0.05, 0.1) is 13.2 Å². The number of aliphatic hydroxyl groups excluding tert-OH is 2. The third kappa shape index (κ3) is 46.4. The predicted octanol–water partition coefficient (Wildman–Crippen LogP) is -1.59. The van der Waals surface area contributed by atoms with Crippen LogP contribution in [0.1, 0.15) is 13.8 Å². The van der Waals surface area contributed by atoms with Gasteiger partial charge in [-0.05, 0) is 0 Å². The van der Waals surface area contributed by atoms with E-state index in [-0.39, 0.29) is 13.2 Å². The number of nitrogens with two attached hydrogens (primary N) is 1. The van der Waals surface area contributed by atoms with Gasteiger partial charge < -0.3 is 26.2 Å². The molecule has 0 aromatic carbocycles. The molecule has 0 fully saturated rings. The van der Waals surface area contributed by atoms with Crippen molar-refractivity contribution >= 4 is 11.9 Å². The summed E-state index contributed by atoms with van der Waals surface area (Å²) >= 11 is 0. The summed E-state index contributed by atoms with van der Waals surface area (Å²) in [5.74, 6) is -1.67. The average molecular weight is 268 g/mol. The summed E-state index contributed by atoms with van der Waals surface area (Å²) in [6, 6.07) is 0. The molecule has 0 saturated heterocycles. The van der Waals surface area contributed by atoms with E-state index in [4.69, 9.17) is 35.7 Å². The van der Waals surface area contributed by atoms with Crippen molar-refractivity contribution in [2.75, 3.05) is 39.4 Å². The minimum atomic E-state index is -0.833. The van der Waals surface area contributed by atoms with Crippen molar-refractivity contribution in [3.63, 3.8) is 0 Å². The highest BCUT2D eigenvalue weighted by atomic mass is 16.4. The molecular formula is C10H24N2O6. The van der Waals surface area contributed by atoms with Crippen LogP contribution in [-0.2, 0) is 9.59 Å². The Bertz CT molecular complexity index is 167. The normalized spacial score (nSPS) is 8.78. The van der Waals surface area contributed by atoms with Crippen molar-refractivity contribution < 1.29 is 30.0 Å². The number of hydrogen-bond donors (Lipinski definition) is 5. The van der Waals surface area contributed by atoms with Gasteiger partial charge >= 0.3 is 0 Å². The Kier molecular flexibility index (Phi) is 22.2. The van der Waals surface area contributed by atoms with Gasteiger partial charge in [-0.1, -0.05) is 0 Å². The topological polar surface area (TPSA) is 144 Å². The molecule has 0 aliphatic rings. The van der Waals surface area contributed by atoms with Crippen LogP contribution in [-0.4, -0.2) is 76.7 Å². The number of carbonyl (C=O) groups is 2. The van der Waals surface area contributed by atoms with Crippen LogP contribution in [0.2, 0.25) is 0 Å². The molecule has 0 aliphatic heterocycles. The highest BCUT2D eigenvalue weighted by Gasteiger charge is 1.99. The molecule has 0 radical (unpaired) electrons. The molecular weight excluding hydrogens is 244 g/mol. The summed E-state index contributed by atoms with van der Waals surface area (Å²) < 4.78 is 0. The van der Waals surface area contributed by atoms with E-state index in [9.17, 15) is 0 Å². The molecule has 18 heavy (non-hydrogen) atoms. The maximum atomic E-state index is 9.00. The molecule has 110 valence electrons. The SMILES string of the molecule is CC(=O)O.CC(=O)O.NCCN(CCO)CCO. The first-order valence-electron chi connectivity index (χ1n) is 5.34. The Morgan fingerprint density at radius 2 is 1.22 bits per heavy atom. The van der Waals surface area contributed by atoms with Gasteiger partial charge in [0.1, 0.15) is 0 Å². The van der Waals surface area contributed by atoms with Crippen LogP contribution in [0.5, 0.6) is 0 Å². The van der Waals surface area contributed by atoms with Crippen LogP contribution >= 0.6 is 0 Å². The molecule has 0 amide bonds. The second-order valence-electron chi connectivity index (χ2n) is 3.12. The maximum absolute atomic E-state index is 9.00. The average Bonchev–Trinajstić information content (AvgIpc) is 2.17. The highest BCUT2D eigenvalue weighted by Crippen LogP contribution is 1.83. The van der Waals surface area contributed by atoms with E-state index in [1.54, 1.807) is 0 Å². The lowest BCUT2D eigenvalue weighted by atomic mass is 10.4. The van der Waals surface area contributed by atoms with Crippen LogP contribution in [0.3, 0.4) is 0 Å². The van der Waals surface area contributed by atoms with Crippen molar-refractivity contribution in [2.24, 2.45) is 5.73 Å². The first kappa shape index (κ1) is 22.0. The Morgan fingerprint density at radius 3 is 1.39 bits per heavy atom. The van der Waals surface area contributed by atoms with Crippen molar-refractivity contribution in [1.29, 1.82) is 0 Å². The van der Waals surface area contributed by atoms with Gasteiger partial charge in [-0.2, -0.15) is 0 Å². The van der Waals surface area contributed by atoms with Crippen LogP contribution < -0.4 is 5.73 Å². The molecule has 6 N–H and O–H groups in total. The summed E-state index contributed by atoms with van der Waals surface area (Å²) in [6.07, 6.45) is 0. The number of carboxylic acid groups (broad SMARTS) is 2. The van der Waals surface area contributed by atoms with Crippen LogP contribution in [0.25, 0.3) is 0 Å². The molecule has 0 unspecified atom stereocenters. The number of aliphatic hydroxyl groups is 2. The molecule has 8 heteroatoms. The van der Waals surface area contributed by atoms with Gasteiger partial charge in [0.25, 0.3) is 11.9 Å². The first-order chi connectivity index (χ1) is 8.31. The van der Waals surface area contributed by atoms with E-state index < -0.39 is 11.9 Å². The summed E-state index contributed by atoms with van der Waals surface area (Å²) in [7, 11) is 0. The van der Waals surface area contributed by atoms with E-state index in [1.165, 1.54) is 0 Å². The molecule has 0 heterocycles. The second-order valence-corrected chi connectivity index (χ2v) is 3.12. The standard InChI is InChI=1S/C6H16N2O2.2C2H4O2/c7-1-2-8(3-5-9)4-6-10;2*1-2(3)4/h9-10H,1-7H2;2*1H3,(H,3,4). The molecule has 0 rings (SSSR count). The quantitative estimate of drug-likeness (QED) is 0.388. The fraction of sp³-hybridized carbons (Fsp3) is 0.800. The van der Waals surface area contributed by atoms with Crippen LogP contribution in [0.4, 0.5) is 0 Å². The largest absolute Gasteiger partial charge is 0.481 e. The Morgan fingerprint density at radius 1 is 0.944 bits per heavy atom. The third-order valence-corrected chi connectivity index (χ3v) is 1.28. The molecule has 0 saturated carbocycles. The lowest BCUT2D eigenvalue weighted by Crippen LogP contribution is -2.34. The van der Waals surface area contributed by atoms with Gasteiger partial charge in [0, 0.05) is 40.0 Å². The molecule has 0 atom stereocenters. The summed E-state index contributed by atoms with van der Waals surface area (Å²) in [5.41, 5.74) is 5.29. The molecule has 0 aromatic heterocycles. The Labute approximate surface area is 107 Å². The minimum Gasteiger partial charge on any atom is -0.481 e. The fourth-order valence-electron chi connectivity index (χ4n) is 0.801. The number of nitrogens with zero attached hydrogens (tertiary/aromatic N) is 1. The molecule has 8 nitrogen and oxygen atoms in total. The molecule has 0 bridgehead atoms. The van der Waals surface area contributed by atoms with Gasteiger partial charge in [-0.3, -0.25) is 14.5 Å². The monoisotopic (exact) mass is 268 g/mol. The van der Waals surface area contributed by atoms with Gasteiger partial charge in [-0.25, -0.2) is 0 Å². The summed E-state index contributed by atoms with van der Waals surface area (Å²) in [6.45, 7) is 4.91. The van der Waals surface area contributed by atoms with E-state index in [0.29, 0.717) is 19.6 Å². The molecule has 0 aliphatic carbocycles. The number of hydrogen-bond acceptors (Lipinski definition) is 6. The smallest absolute Gasteiger partial charge is 0.300 e. The van der Waals surface area contributed by atoms with E-state index in [0.717, 1.165) is 20.4 Å². The van der Waals surface area contributed by atoms with Crippen molar-refractivity contribution in [1.82, 2.24) is 4.90 Å². The first-order valence-corrected chi connectivity index (χ1v) is 5.34. The highest BCUT2D eigenvalue weighted by molar-refractivity contribution is 5.63. The van der Waals surface area contributed by atoms with Crippen LogP contribution in [0.15, 0.2) is 0 Å². The Hall–Kier alpha value is -1.22. The van der Waals surface area contributed by atoms with Crippen LogP contribution in [0, 0.1) is 0 Å². The third-order valence-electron chi connectivity index (χ3n) is 1.28. The van der Waals surface area contributed by atoms with E-state index in [2.05, 4.69) is 0 Å². The summed E-state index contributed by atoms with van der Waals surface area (Å²) in [4.78, 5) is 19.9. The predicted molar refractivity (Wildman–Crippen MR) is 66.3 cm³/mol.